The number of aliphatic carboxylic acids is 1. The maximum absolute atomic E-state index is 10.4. The quantitative estimate of drug-likeness (QED) is 0.619. The Labute approximate surface area is 64.3 Å². The molecule has 56 valence electrons. The first-order valence-electron chi connectivity index (χ1n) is 3.25. The minimum absolute atomic E-state index is 0.178. The topological polar surface area (TPSA) is 37.3 Å². The van der Waals surface area contributed by atoms with E-state index in [4.69, 9.17) is 5.11 Å². The zero-order valence-corrected chi connectivity index (χ0v) is 6.49. The molecule has 0 aromatic carbocycles. The van der Waals surface area contributed by atoms with Crippen LogP contribution in [0.2, 0.25) is 0 Å². The van der Waals surface area contributed by atoms with Crippen LogP contribution in [0.5, 0.6) is 0 Å². The molecule has 1 aliphatic heterocycles. The minimum Gasteiger partial charge on any atom is -0.478 e. The van der Waals surface area contributed by atoms with Gasteiger partial charge in [-0.1, -0.05) is 6.58 Å². The standard InChI is InChI=1S/C7H10O2S/c1-5(7(8)9)6-3-2-4-10-6/h6H,1-4H2,(H,8,9). The third-order valence-corrected chi connectivity index (χ3v) is 3.04. The molecule has 1 saturated heterocycles. The van der Waals surface area contributed by atoms with Crippen molar-refractivity contribution >= 4 is 17.7 Å². The molecule has 1 N–H and O–H groups in total. The van der Waals surface area contributed by atoms with Crippen molar-refractivity contribution in [1.29, 1.82) is 0 Å². The van der Waals surface area contributed by atoms with E-state index in [1.165, 1.54) is 0 Å². The van der Waals surface area contributed by atoms with Crippen molar-refractivity contribution in [3.05, 3.63) is 12.2 Å². The Hall–Kier alpha value is -0.440. The van der Waals surface area contributed by atoms with E-state index in [2.05, 4.69) is 6.58 Å². The number of hydrogen-bond acceptors (Lipinski definition) is 2. The van der Waals surface area contributed by atoms with Gasteiger partial charge in [-0.15, -0.1) is 0 Å². The number of rotatable bonds is 2. The van der Waals surface area contributed by atoms with Gasteiger partial charge in [0.05, 0.1) is 0 Å². The molecule has 3 heteroatoms. The van der Waals surface area contributed by atoms with Crippen LogP contribution in [-0.2, 0) is 4.79 Å². The number of carbonyl (C=O) groups is 1. The van der Waals surface area contributed by atoms with Crippen molar-refractivity contribution in [2.24, 2.45) is 0 Å². The van der Waals surface area contributed by atoms with Crippen LogP contribution in [0.3, 0.4) is 0 Å². The lowest BCUT2D eigenvalue weighted by molar-refractivity contribution is -0.132. The highest BCUT2D eigenvalue weighted by molar-refractivity contribution is 8.00. The van der Waals surface area contributed by atoms with Gasteiger partial charge in [0.1, 0.15) is 0 Å². The molecule has 0 spiro atoms. The van der Waals surface area contributed by atoms with Gasteiger partial charge in [-0.05, 0) is 18.6 Å². The first-order chi connectivity index (χ1) is 4.72. The second-order valence-corrected chi connectivity index (χ2v) is 3.64. The van der Waals surface area contributed by atoms with Crippen LogP contribution in [0.15, 0.2) is 12.2 Å². The number of carboxylic acids is 1. The summed E-state index contributed by atoms with van der Waals surface area (Å²) in [4.78, 5) is 10.4. The lowest BCUT2D eigenvalue weighted by Gasteiger charge is -2.05. The summed E-state index contributed by atoms with van der Waals surface area (Å²) in [5, 5.41) is 8.71. The van der Waals surface area contributed by atoms with Crippen LogP contribution in [0.4, 0.5) is 0 Å². The van der Waals surface area contributed by atoms with E-state index in [0.717, 1.165) is 18.6 Å². The Bertz CT molecular complexity index is 159. The second kappa shape index (κ2) is 3.10. The van der Waals surface area contributed by atoms with Crippen molar-refractivity contribution in [1.82, 2.24) is 0 Å². The molecule has 0 aromatic heterocycles. The van der Waals surface area contributed by atoms with E-state index in [9.17, 15) is 4.79 Å². The summed E-state index contributed by atoms with van der Waals surface area (Å²) in [7, 11) is 0. The Morgan fingerprint density at radius 1 is 1.70 bits per heavy atom. The lowest BCUT2D eigenvalue weighted by atomic mass is 10.1. The average molecular weight is 158 g/mol. The molecule has 1 atom stereocenters. The van der Waals surface area contributed by atoms with Crippen molar-refractivity contribution < 1.29 is 9.90 Å². The van der Waals surface area contributed by atoms with Gasteiger partial charge >= 0.3 is 5.97 Å². The minimum atomic E-state index is -0.848. The molecule has 10 heavy (non-hydrogen) atoms. The van der Waals surface area contributed by atoms with Crippen LogP contribution in [-0.4, -0.2) is 22.1 Å². The number of hydrogen-bond donors (Lipinski definition) is 1. The summed E-state index contributed by atoms with van der Waals surface area (Å²) in [6.45, 7) is 3.52. The second-order valence-electron chi connectivity index (χ2n) is 2.33. The molecule has 0 amide bonds. The molecule has 1 heterocycles. The summed E-state index contributed by atoms with van der Waals surface area (Å²) in [5.41, 5.74) is 0.363. The van der Waals surface area contributed by atoms with Crippen LogP contribution < -0.4 is 0 Å². The molecule has 1 aliphatic rings. The SMILES string of the molecule is C=C(C(=O)O)C1CCCS1. The zero-order valence-electron chi connectivity index (χ0n) is 5.67. The molecule has 0 bridgehead atoms. The third-order valence-electron chi connectivity index (χ3n) is 1.59. The van der Waals surface area contributed by atoms with Crippen LogP contribution in [0.25, 0.3) is 0 Å². The van der Waals surface area contributed by atoms with E-state index in [-0.39, 0.29) is 5.25 Å². The maximum Gasteiger partial charge on any atom is 0.332 e. The Balaban J connectivity index is 2.48. The molecule has 0 saturated carbocycles. The molecule has 0 aliphatic carbocycles. The van der Waals surface area contributed by atoms with E-state index in [1.54, 1.807) is 11.8 Å². The molecular weight excluding hydrogens is 148 g/mol. The zero-order chi connectivity index (χ0) is 7.56. The highest BCUT2D eigenvalue weighted by Crippen LogP contribution is 2.30. The first-order valence-corrected chi connectivity index (χ1v) is 4.30. The van der Waals surface area contributed by atoms with E-state index in [0.29, 0.717) is 5.57 Å². The summed E-state index contributed by atoms with van der Waals surface area (Å²) in [5.74, 6) is 0.233. The van der Waals surface area contributed by atoms with E-state index in [1.807, 2.05) is 0 Å². The summed E-state index contributed by atoms with van der Waals surface area (Å²) in [6.07, 6.45) is 2.11. The van der Waals surface area contributed by atoms with E-state index >= 15 is 0 Å². The van der Waals surface area contributed by atoms with Gasteiger partial charge in [0.15, 0.2) is 0 Å². The van der Waals surface area contributed by atoms with Crippen molar-refractivity contribution in [2.75, 3.05) is 5.75 Å². The predicted octanol–water partition coefficient (Wildman–Crippen LogP) is 1.52. The molecule has 1 unspecified atom stereocenters. The molecule has 0 aromatic rings. The van der Waals surface area contributed by atoms with Crippen LogP contribution >= 0.6 is 11.8 Å². The van der Waals surface area contributed by atoms with Gasteiger partial charge < -0.3 is 5.11 Å². The summed E-state index contributed by atoms with van der Waals surface area (Å²) < 4.78 is 0. The van der Waals surface area contributed by atoms with Crippen LogP contribution in [0.1, 0.15) is 12.8 Å². The molecule has 2 nitrogen and oxygen atoms in total. The maximum atomic E-state index is 10.4. The lowest BCUT2D eigenvalue weighted by Crippen LogP contribution is -2.10. The van der Waals surface area contributed by atoms with Gasteiger partial charge in [0.2, 0.25) is 0 Å². The fourth-order valence-electron chi connectivity index (χ4n) is 0.990. The fourth-order valence-corrected chi connectivity index (χ4v) is 2.24. The third kappa shape index (κ3) is 1.53. The van der Waals surface area contributed by atoms with Crippen LogP contribution in [0, 0.1) is 0 Å². The fraction of sp³-hybridized carbons (Fsp3) is 0.571. The largest absolute Gasteiger partial charge is 0.478 e. The summed E-state index contributed by atoms with van der Waals surface area (Å²) >= 11 is 1.70. The first kappa shape index (κ1) is 7.66. The predicted molar refractivity (Wildman–Crippen MR) is 42.3 cm³/mol. The average Bonchev–Trinajstić information content (AvgIpc) is 2.36. The molecule has 1 fully saturated rings. The monoisotopic (exact) mass is 158 g/mol. The molecule has 0 radical (unpaired) electrons. The Kier molecular flexibility index (Phi) is 2.38. The number of thioether (sulfide) groups is 1. The molecule has 1 rings (SSSR count). The van der Waals surface area contributed by atoms with Gasteiger partial charge in [-0.25, -0.2) is 4.79 Å². The van der Waals surface area contributed by atoms with Crippen molar-refractivity contribution in [3.8, 4) is 0 Å². The highest BCUT2D eigenvalue weighted by atomic mass is 32.2. The summed E-state index contributed by atoms with van der Waals surface area (Å²) in [6, 6.07) is 0. The van der Waals surface area contributed by atoms with Crippen molar-refractivity contribution in [3.63, 3.8) is 0 Å². The van der Waals surface area contributed by atoms with Gasteiger partial charge in [0.25, 0.3) is 0 Å². The normalized spacial score (nSPS) is 24.6. The Morgan fingerprint density at radius 2 is 2.40 bits per heavy atom. The Morgan fingerprint density at radius 3 is 2.80 bits per heavy atom. The van der Waals surface area contributed by atoms with Crippen molar-refractivity contribution in [2.45, 2.75) is 18.1 Å². The molecular formula is C7H10O2S. The number of carboxylic acid groups (broad SMARTS) is 1. The smallest absolute Gasteiger partial charge is 0.332 e. The van der Waals surface area contributed by atoms with Gasteiger partial charge in [0, 0.05) is 10.8 Å². The van der Waals surface area contributed by atoms with E-state index < -0.39 is 5.97 Å². The van der Waals surface area contributed by atoms with Gasteiger partial charge in [-0.2, -0.15) is 11.8 Å². The van der Waals surface area contributed by atoms with Gasteiger partial charge in [-0.3, -0.25) is 0 Å². The highest BCUT2D eigenvalue weighted by Gasteiger charge is 2.22.